The van der Waals surface area contributed by atoms with Gasteiger partial charge in [0, 0.05) is 9.13 Å². The maximum Gasteiger partial charge on any atom is 0.416 e. The van der Waals surface area contributed by atoms with E-state index in [0.717, 1.165) is 15.7 Å². The Morgan fingerprint density at radius 2 is 1.94 bits per heavy atom. The van der Waals surface area contributed by atoms with Gasteiger partial charge in [-0.3, -0.25) is 19.3 Å². The molecular formula is C20H13F3I2N2O5S. The fourth-order valence-electron chi connectivity index (χ4n) is 2.79. The van der Waals surface area contributed by atoms with Gasteiger partial charge in [-0.1, -0.05) is 0 Å². The van der Waals surface area contributed by atoms with Gasteiger partial charge in [-0.2, -0.15) is 13.2 Å². The van der Waals surface area contributed by atoms with Crippen molar-refractivity contribution in [1.82, 2.24) is 4.90 Å². The Kier molecular flexibility index (Phi) is 7.83. The van der Waals surface area contributed by atoms with E-state index >= 15 is 0 Å². The molecule has 3 amide bonds. The third kappa shape index (κ3) is 5.92. The fraction of sp³-hybridized carbons (Fsp3) is 0.150. The number of carbonyl (C=O) groups is 3. The lowest BCUT2D eigenvalue weighted by atomic mass is 10.1. The average Bonchev–Trinajstić information content (AvgIpc) is 2.98. The van der Waals surface area contributed by atoms with E-state index in [0.29, 0.717) is 31.9 Å². The third-order valence-electron chi connectivity index (χ3n) is 4.32. The first-order chi connectivity index (χ1) is 15.4. The number of phenols is 1. The number of carbonyl (C=O) groups excluding carboxylic acids is 3. The number of benzene rings is 2. The normalized spacial score (nSPS) is 15.3. The van der Waals surface area contributed by atoms with Crippen molar-refractivity contribution in [2.75, 3.05) is 19.0 Å². The average molecular weight is 704 g/mol. The first kappa shape index (κ1) is 25.6. The first-order valence-corrected chi connectivity index (χ1v) is 11.9. The summed E-state index contributed by atoms with van der Waals surface area (Å²) < 4.78 is 45.3. The smallest absolute Gasteiger partial charge is 0.416 e. The molecule has 3 rings (SSSR count). The van der Waals surface area contributed by atoms with Gasteiger partial charge in [0.05, 0.1) is 26.8 Å². The minimum Gasteiger partial charge on any atom is -0.506 e. The molecular weight excluding hydrogens is 691 g/mol. The number of halogens is 5. The van der Waals surface area contributed by atoms with Crippen LogP contribution in [0.2, 0.25) is 0 Å². The predicted molar refractivity (Wildman–Crippen MR) is 133 cm³/mol. The molecule has 0 bridgehead atoms. The SMILES string of the molecule is COc1ccc(C(F)(F)F)cc1NC(=O)CN1C(=O)S/C(=C\c2cc(I)cc(I)c2O)C1=O. The van der Waals surface area contributed by atoms with Crippen LogP contribution in [0.1, 0.15) is 11.1 Å². The van der Waals surface area contributed by atoms with Crippen molar-refractivity contribution in [1.29, 1.82) is 0 Å². The summed E-state index contributed by atoms with van der Waals surface area (Å²) in [4.78, 5) is 38.1. The number of hydrogen-bond donors (Lipinski definition) is 2. The van der Waals surface area contributed by atoms with E-state index in [1.165, 1.54) is 13.2 Å². The van der Waals surface area contributed by atoms with Crippen molar-refractivity contribution in [2.45, 2.75) is 6.18 Å². The van der Waals surface area contributed by atoms with Gasteiger partial charge in [0.2, 0.25) is 5.91 Å². The van der Waals surface area contributed by atoms with Crippen molar-refractivity contribution in [3.05, 3.63) is 53.5 Å². The van der Waals surface area contributed by atoms with Crippen molar-refractivity contribution < 1.29 is 37.4 Å². The molecule has 33 heavy (non-hydrogen) atoms. The van der Waals surface area contributed by atoms with Crippen LogP contribution in [-0.2, 0) is 15.8 Å². The number of hydrogen-bond acceptors (Lipinski definition) is 6. The molecule has 0 aromatic heterocycles. The molecule has 1 aliphatic heterocycles. The topological polar surface area (TPSA) is 95.9 Å². The Morgan fingerprint density at radius 3 is 2.58 bits per heavy atom. The number of rotatable bonds is 5. The summed E-state index contributed by atoms with van der Waals surface area (Å²) in [5.74, 6) is -1.72. The lowest BCUT2D eigenvalue weighted by molar-refractivity contribution is -0.137. The van der Waals surface area contributed by atoms with Gasteiger partial charge >= 0.3 is 6.18 Å². The van der Waals surface area contributed by atoms with Crippen LogP contribution >= 0.6 is 56.9 Å². The minimum absolute atomic E-state index is 0.00227. The Hall–Kier alpha value is -2.01. The molecule has 1 fully saturated rings. The van der Waals surface area contributed by atoms with Crippen molar-refractivity contribution >= 4 is 85.8 Å². The maximum absolute atomic E-state index is 13.0. The monoisotopic (exact) mass is 704 g/mol. The number of anilines is 1. The fourth-order valence-corrected chi connectivity index (χ4v) is 5.51. The van der Waals surface area contributed by atoms with Crippen LogP contribution in [0.15, 0.2) is 35.2 Å². The second kappa shape index (κ2) is 10.1. The van der Waals surface area contributed by atoms with Crippen LogP contribution < -0.4 is 10.1 Å². The first-order valence-electron chi connectivity index (χ1n) is 8.89. The Balaban J connectivity index is 1.79. The van der Waals surface area contributed by atoms with E-state index in [4.69, 9.17) is 4.74 Å². The van der Waals surface area contributed by atoms with Gasteiger partial charge in [0.1, 0.15) is 18.0 Å². The van der Waals surface area contributed by atoms with Gasteiger partial charge in [0.25, 0.3) is 11.1 Å². The molecule has 0 aliphatic carbocycles. The van der Waals surface area contributed by atoms with Gasteiger partial charge in [-0.15, -0.1) is 0 Å². The Labute approximate surface area is 217 Å². The number of ether oxygens (including phenoxy) is 1. The minimum atomic E-state index is -4.64. The van der Waals surface area contributed by atoms with Crippen LogP contribution in [0.25, 0.3) is 6.08 Å². The van der Waals surface area contributed by atoms with Gasteiger partial charge in [-0.05, 0) is 93.4 Å². The van der Waals surface area contributed by atoms with Crippen LogP contribution in [0.3, 0.4) is 0 Å². The number of aromatic hydroxyl groups is 1. The van der Waals surface area contributed by atoms with Crippen molar-refractivity contribution in [2.24, 2.45) is 0 Å². The molecule has 0 spiro atoms. The number of thioether (sulfide) groups is 1. The molecule has 0 saturated carbocycles. The number of nitrogens with one attached hydrogen (secondary N) is 1. The van der Waals surface area contributed by atoms with E-state index in [1.54, 1.807) is 12.1 Å². The predicted octanol–water partition coefficient (Wildman–Crippen LogP) is 5.30. The molecule has 1 heterocycles. The molecule has 2 N–H and O–H groups in total. The van der Waals surface area contributed by atoms with Gasteiger partial charge in [-0.25, -0.2) is 0 Å². The van der Waals surface area contributed by atoms with E-state index in [1.807, 2.05) is 45.2 Å². The van der Waals surface area contributed by atoms with Crippen LogP contribution in [0, 0.1) is 7.14 Å². The molecule has 0 atom stereocenters. The van der Waals surface area contributed by atoms with Crippen LogP contribution in [0.5, 0.6) is 11.5 Å². The number of imide groups is 1. The van der Waals surface area contributed by atoms with Gasteiger partial charge in [0.15, 0.2) is 0 Å². The van der Waals surface area contributed by atoms with Crippen LogP contribution in [-0.4, -0.2) is 40.7 Å². The number of alkyl halides is 3. The largest absolute Gasteiger partial charge is 0.506 e. The van der Waals surface area contributed by atoms with Gasteiger partial charge < -0.3 is 15.2 Å². The molecule has 2 aromatic rings. The highest BCUT2D eigenvalue weighted by molar-refractivity contribution is 14.1. The quantitative estimate of drug-likeness (QED) is 0.324. The summed E-state index contributed by atoms with van der Waals surface area (Å²) >= 11 is 4.56. The Morgan fingerprint density at radius 1 is 1.24 bits per heavy atom. The zero-order valence-corrected chi connectivity index (χ0v) is 21.6. The summed E-state index contributed by atoms with van der Waals surface area (Å²) in [7, 11) is 1.22. The molecule has 13 heteroatoms. The lowest BCUT2D eigenvalue weighted by Gasteiger charge is -2.16. The van der Waals surface area contributed by atoms with Crippen LogP contribution in [0.4, 0.5) is 23.7 Å². The summed E-state index contributed by atoms with van der Waals surface area (Å²) in [5.41, 5.74) is -0.923. The number of phenolic OH excluding ortho intramolecular Hbond substituents is 1. The summed E-state index contributed by atoms with van der Waals surface area (Å²) in [6.45, 7) is -0.711. The maximum atomic E-state index is 13.0. The second-order valence-electron chi connectivity index (χ2n) is 6.55. The molecule has 174 valence electrons. The van der Waals surface area contributed by atoms with E-state index in [-0.39, 0.29) is 22.1 Å². The third-order valence-corrected chi connectivity index (χ3v) is 6.67. The number of methoxy groups -OCH3 is 1. The molecule has 2 aromatic carbocycles. The standard InChI is InChI=1S/C20H13F3I2N2O5S/c1-32-14-3-2-10(20(21,22)23)6-13(14)26-16(28)8-27-18(30)15(33-19(27)31)5-9-4-11(24)7-12(25)17(9)29/h2-7,29H,8H2,1H3,(H,26,28)/b15-5-. The lowest BCUT2D eigenvalue weighted by Crippen LogP contribution is -2.36. The zero-order chi connectivity index (χ0) is 24.5. The number of nitrogens with zero attached hydrogens (tertiary/aromatic N) is 1. The summed E-state index contributed by atoms with van der Waals surface area (Å²) in [5, 5.41) is 11.7. The van der Waals surface area contributed by atoms with E-state index in [2.05, 4.69) is 5.32 Å². The Bertz CT molecular complexity index is 1190. The molecule has 0 radical (unpaired) electrons. The highest BCUT2D eigenvalue weighted by Crippen LogP contribution is 2.37. The number of amides is 3. The van der Waals surface area contributed by atoms with Crippen molar-refractivity contribution in [3.8, 4) is 11.5 Å². The summed E-state index contributed by atoms with van der Waals surface area (Å²) in [6.07, 6.45) is -3.29. The summed E-state index contributed by atoms with van der Waals surface area (Å²) in [6, 6.07) is 5.91. The molecule has 1 aliphatic rings. The van der Waals surface area contributed by atoms with E-state index in [9.17, 15) is 32.7 Å². The van der Waals surface area contributed by atoms with Crippen molar-refractivity contribution in [3.63, 3.8) is 0 Å². The second-order valence-corrected chi connectivity index (χ2v) is 9.96. The molecule has 7 nitrogen and oxygen atoms in total. The zero-order valence-electron chi connectivity index (χ0n) is 16.5. The highest BCUT2D eigenvalue weighted by Gasteiger charge is 2.37. The molecule has 0 unspecified atom stereocenters. The van der Waals surface area contributed by atoms with E-state index < -0.39 is 35.3 Å². The molecule has 1 saturated heterocycles. The highest BCUT2D eigenvalue weighted by atomic mass is 127.